The summed E-state index contributed by atoms with van der Waals surface area (Å²) in [5.74, 6) is -6.98. The number of aliphatic hydroxyl groups excluding tert-OH is 2. The molecule has 16 rings (SSSR count). The fraction of sp³-hybridized carbons (Fsp3) is 0.308. The van der Waals surface area contributed by atoms with Crippen molar-refractivity contribution >= 4 is 113 Å². The standard InChI is InChI=1S/2C26H24F3NO6.2C26H24F3NO5/c2*1-3-34-20(31)12-14-9-10-18(17(27)11-14)30-25(32)21-22(26(30)33)24(36-13-19(28)29)16-8-6-5-7-15(16)23(21)35-4-2;1-3-33-22(31)12-15-9-10-20(19(27)11-15)30-13-18-23(26(30)32)25(34-4-2)17-8-6-5-7-16(17)24(18)35-14-21(28)29;1-3-33-22(31)12-15-9-10-20(19(27)11-15)30-13-18-23(26(30)32)25(35-14-21(28)29)17-8-6-5-7-16(17)24(18)34-4-2/h5-11,19,26,33H,3-4,12-13H2,1-2H3;5-11,19,25,32H,3-4,12-13H2,1-2H3;2*5-11,21H,3-4,12-14H2,1-2H3. The summed E-state index contributed by atoms with van der Waals surface area (Å²) in [5.41, 5.74) is 1.55. The van der Waals surface area contributed by atoms with E-state index in [0.717, 1.165) is 21.9 Å². The first kappa shape index (κ1) is 104. The van der Waals surface area contributed by atoms with Crippen LogP contribution in [0.3, 0.4) is 0 Å². The Balaban J connectivity index is 0.000000159. The van der Waals surface area contributed by atoms with Crippen LogP contribution in [0.25, 0.3) is 43.1 Å². The van der Waals surface area contributed by atoms with E-state index in [4.69, 9.17) is 56.8 Å². The zero-order valence-corrected chi connectivity index (χ0v) is 77.7. The molecule has 0 saturated heterocycles. The number of benzene rings is 12. The number of hydrogen-bond acceptors (Lipinski definition) is 22. The molecular weight excluding hydrogens is 1890 g/mol. The van der Waals surface area contributed by atoms with Gasteiger partial charge in [-0.05, 0) is 126 Å². The van der Waals surface area contributed by atoms with E-state index in [-0.39, 0.29) is 176 Å². The number of esters is 4. The maximum atomic E-state index is 15.2. The molecule has 0 bridgehead atoms. The van der Waals surface area contributed by atoms with Gasteiger partial charge in [0.2, 0.25) is 0 Å². The molecule has 0 aromatic heterocycles. The minimum absolute atomic E-state index is 0.000170. The highest BCUT2D eigenvalue weighted by Gasteiger charge is 2.48. The van der Waals surface area contributed by atoms with Gasteiger partial charge in [-0.3, -0.25) is 48.2 Å². The lowest BCUT2D eigenvalue weighted by Crippen LogP contribution is -2.28. The van der Waals surface area contributed by atoms with Crippen molar-refractivity contribution < 1.29 is 158 Å². The molecule has 0 fully saturated rings. The summed E-state index contributed by atoms with van der Waals surface area (Å²) < 4.78 is 229. The van der Waals surface area contributed by atoms with Gasteiger partial charge in [0, 0.05) is 54.2 Å². The van der Waals surface area contributed by atoms with Crippen molar-refractivity contribution in [2.45, 2.75) is 132 Å². The molecule has 0 aliphatic carbocycles. The van der Waals surface area contributed by atoms with Gasteiger partial charge in [-0.25, -0.2) is 52.7 Å². The highest BCUT2D eigenvalue weighted by atomic mass is 19.3. The van der Waals surface area contributed by atoms with E-state index in [9.17, 15) is 83.7 Å². The predicted octanol–water partition coefficient (Wildman–Crippen LogP) is 20.1. The number of anilines is 4. The lowest BCUT2D eigenvalue weighted by Gasteiger charge is -2.22. The second-order valence-corrected chi connectivity index (χ2v) is 31.6. The number of carbonyl (C=O) groups excluding carboxylic acids is 8. The first-order valence-electron chi connectivity index (χ1n) is 45.2. The van der Waals surface area contributed by atoms with Crippen LogP contribution >= 0.6 is 0 Å². The fourth-order valence-corrected chi connectivity index (χ4v) is 17.0. The maximum absolute atomic E-state index is 15.2. The molecule has 4 aliphatic heterocycles. The molecule has 2 unspecified atom stereocenters. The zero-order valence-electron chi connectivity index (χ0n) is 77.7. The molecule has 38 heteroatoms. The monoisotopic (exact) mass is 1980 g/mol. The largest absolute Gasteiger partial charge is 0.493 e. The number of amides is 4. The van der Waals surface area contributed by atoms with Gasteiger partial charge in [0.1, 0.15) is 95.7 Å². The number of fused-ring (bicyclic) bond motifs is 8. The normalized spacial score (nSPS) is 13.9. The van der Waals surface area contributed by atoms with Gasteiger partial charge in [-0.1, -0.05) is 121 Å². The molecule has 2 N–H and O–H groups in total. The molecule has 748 valence electrons. The van der Waals surface area contributed by atoms with Crippen LogP contribution in [0.5, 0.6) is 46.0 Å². The van der Waals surface area contributed by atoms with Crippen LogP contribution in [-0.2, 0) is 76.9 Å². The maximum Gasteiger partial charge on any atom is 0.310 e. The van der Waals surface area contributed by atoms with Gasteiger partial charge in [0.25, 0.3) is 49.3 Å². The molecule has 4 aliphatic rings. The Morgan fingerprint density at radius 2 is 0.521 bits per heavy atom. The smallest absolute Gasteiger partial charge is 0.310 e. The second-order valence-electron chi connectivity index (χ2n) is 31.6. The summed E-state index contributed by atoms with van der Waals surface area (Å²) in [7, 11) is 0. The van der Waals surface area contributed by atoms with Gasteiger partial charge in [-0.15, -0.1) is 0 Å². The Bertz CT molecular complexity index is 6640. The summed E-state index contributed by atoms with van der Waals surface area (Å²) >= 11 is 0. The highest BCUT2D eigenvalue weighted by Crippen LogP contribution is 2.55. The Hall–Kier alpha value is -15.1. The van der Waals surface area contributed by atoms with E-state index in [1.54, 1.807) is 165 Å². The molecule has 12 aromatic rings. The average Bonchev–Trinajstić information content (AvgIpc) is 1.58. The summed E-state index contributed by atoms with van der Waals surface area (Å²) in [5, 5.41) is 26.1. The lowest BCUT2D eigenvalue weighted by molar-refractivity contribution is -0.143. The summed E-state index contributed by atoms with van der Waals surface area (Å²) in [6.07, 6.45) is -15.1. The van der Waals surface area contributed by atoms with E-state index in [2.05, 4.69) is 0 Å². The van der Waals surface area contributed by atoms with Crippen molar-refractivity contribution in [1.82, 2.24) is 0 Å². The fourth-order valence-electron chi connectivity index (χ4n) is 17.0. The van der Waals surface area contributed by atoms with Gasteiger partial charge in [0.05, 0.1) is 148 Å². The summed E-state index contributed by atoms with van der Waals surface area (Å²) in [6.45, 7) is 11.5. The van der Waals surface area contributed by atoms with Crippen molar-refractivity contribution in [3.8, 4) is 46.0 Å². The molecule has 2 atom stereocenters. The first-order chi connectivity index (χ1) is 68.3. The van der Waals surface area contributed by atoms with Gasteiger partial charge >= 0.3 is 23.9 Å². The van der Waals surface area contributed by atoms with Crippen molar-refractivity contribution in [1.29, 1.82) is 0 Å². The van der Waals surface area contributed by atoms with Crippen LogP contribution in [0.4, 0.5) is 75.4 Å². The quantitative estimate of drug-likeness (QED) is 0.0209. The SMILES string of the molecule is CCOC(=O)Cc1ccc(N2C(=O)c3c(c(OCC(F)F)c4ccccc4c3OCC)C2O)c(F)c1.CCOC(=O)Cc1ccc(N2C(=O)c3c(c(OCC)c4ccccc4c3OCC(F)F)C2O)c(F)c1.CCOC(=O)Cc1ccc(N2Cc3c(c(OCC(F)F)c4ccccc4c3OCC)C2=O)c(F)c1.CCOC(=O)Cc1ccc(N2Cc3c(c(OCC)c4ccccc4c3OCC(F)F)C2=O)c(F)c1. The Morgan fingerprint density at radius 3 is 0.803 bits per heavy atom. The van der Waals surface area contributed by atoms with Gasteiger partial charge < -0.3 is 76.9 Å². The highest BCUT2D eigenvalue weighted by molar-refractivity contribution is 6.21. The van der Waals surface area contributed by atoms with E-state index < -0.39 is 135 Å². The van der Waals surface area contributed by atoms with E-state index >= 15 is 17.6 Å². The van der Waals surface area contributed by atoms with Crippen LogP contribution in [0.15, 0.2) is 170 Å². The molecule has 142 heavy (non-hydrogen) atoms. The number of rotatable bonds is 36. The third-order valence-electron chi connectivity index (χ3n) is 22.5. The summed E-state index contributed by atoms with van der Waals surface area (Å²) in [4.78, 5) is 105. The molecule has 0 saturated carbocycles. The predicted molar refractivity (Wildman–Crippen MR) is 498 cm³/mol. The van der Waals surface area contributed by atoms with Crippen LogP contribution in [-0.4, -0.2) is 163 Å². The molecule has 0 spiro atoms. The Kier molecular flexibility index (Phi) is 34.4. The first-order valence-corrected chi connectivity index (χ1v) is 45.2. The van der Waals surface area contributed by atoms with Crippen LogP contribution in [0.1, 0.15) is 154 Å². The second kappa shape index (κ2) is 46.8. The number of carbonyl (C=O) groups is 8. The van der Waals surface area contributed by atoms with Gasteiger partial charge in [-0.2, -0.15) is 0 Å². The molecule has 26 nitrogen and oxygen atoms in total. The van der Waals surface area contributed by atoms with Crippen LogP contribution in [0.2, 0.25) is 0 Å². The average molecular weight is 1980 g/mol. The Labute approximate surface area is 804 Å². The number of ether oxygens (including phenoxy) is 12. The van der Waals surface area contributed by atoms with Crippen molar-refractivity contribution in [3.05, 3.63) is 260 Å². The number of halogens is 12. The van der Waals surface area contributed by atoms with Crippen molar-refractivity contribution in [2.75, 3.05) is 98.9 Å². The molecule has 0 radical (unpaired) electrons. The number of aliphatic hydroxyl groups is 2. The topological polar surface area (TPSA) is 301 Å². The number of alkyl halides is 8. The zero-order chi connectivity index (χ0) is 102. The van der Waals surface area contributed by atoms with Crippen molar-refractivity contribution in [3.63, 3.8) is 0 Å². The number of hydrogen-bond donors (Lipinski definition) is 2. The molecular formula is C104H96F12N4O22. The van der Waals surface area contributed by atoms with E-state index in [1.165, 1.54) is 58.3 Å². The van der Waals surface area contributed by atoms with Crippen LogP contribution < -0.4 is 57.5 Å². The molecule has 4 heterocycles. The minimum Gasteiger partial charge on any atom is -0.493 e. The molecule has 12 aromatic carbocycles. The van der Waals surface area contributed by atoms with Gasteiger partial charge in [0.15, 0.2) is 12.5 Å². The van der Waals surface area contributed by atoms with E-state index in [0.29, 0.717) is 94.6 Å². The lowest BCUT2D eigenvalue weighted by atomic mass is 9.98. The third kappa shape index (κ3) is 22.4. The van der Waals surface area contributed by atoms with E-state index in [1.807, 2.05) is 0 Å². The van der Waals surface area contributed by atoms with Crippen molar-refractivity contribution in [2.24, 2.45) is 0 Å². The van der Waals surface area contributed by atoms with Crippen LogP contribution in [0, 0.1) is 23.3 Å². The number of nitrogens with zero attached hydrogens (tertiary/aromatic N) is 4. The molecule has 4 amide bonds. The minimum atomic E-state index is -2.81. The Morgan fingerprint density at radius 1 is 0.296 bits per heavy atom. The third-order valence-corrected chi connectivity index (χ3v) is 22.5. The summed E-state index contributed by atoms with van der Waals surface area (Å²) in [6, 6.07) is 42.8.